The van der Waals surface area contributed by atoms with Gasteiger partial charge in [-0.15, -0.1) is 34.0 Å². The highest BCUT2D eigenvalue weighted by Crippen LogP contribution is 2.43. The lowest BCUT2D eigenvalue weighted by Gasteiger charge is -2.25. The largest absolute Gasteiger partial charge is 0.481 e. The molecule has 0 radical (unpaired) electrons. The number of aryl methyl sites for hydroxylation is 3. The predicted molar refractivity (Wildman–Crippen MR) is 249 cm³/mol. The van der Waals surface area contributed by atoms with Gasteiger partial charge in [-0.1, -0.05) is 29.8 Å². The summed E-state index contributed by atoms with van der Waals surface area (Å²) < 4.78 is 50.8. The summed E-state index contributed by atoms with van der Waals surface area (Å²) in [7, 11) is 3.21. The first kappa shape index (κ1) is 46.7. The van der Waals surface area contributed by atoms with Gasteiger partial charge in [0.2, 0.25) is 11.8 Å². The molecule has 0 aromatic carbocycles. The third kappa shape index (κ3) is 10.1. The molecule has 0 amide bonds. The van der Waals surface area contributed by atoms with E-state index >= 15 is 0 Å². The lowest BCUT2D eigenvalue weighted by molar-refractivity contribution is -0.0416. The highest BCUT2D eigenvalue weighted by Gasteiger charge is 2.32. The van der Waals surface area contributed by atoms with Crippen LogP contribution in [0, 0.1) is 20.8 Å². The zero-order valence-electron chi connectivity index (χ0n) is 37.1. The van der Waals surface area contributed by atoms with Crippen molar-refractivity contribution < 1.29 is 52.5 Å². The second-order valence-corrected chi connectivity index (χ2v) is 20.1. The average Bonchev–Trinajstić information content (AvgIpc) is 4.21. The number of carbonyl (C=O) groups is 1. The molecule has 3 unspecified atom stereocenters. The molecular weight excluding hydrogens is 926 g/mol. The van der Waals surface area contributed by atoms with E-state index in [0.29, 0.717) is 68.0 Å². The summed E-state index contributed by atoms with van der Waals surface area (Å²) in [6, 6.07) is 17.7. The van der Waals surface area contributed by atoms with Gasteiger partial charge >= 0.3 is 5.97 Å². The zero-order chi connectivity index (χ0) is 45.9. The third-order valence-electron chi connectivity index (χ3n) is 11.8. The maximum absolute atomic E-state index is 11.1. The first-order valence-corrected chi connectivity index (χ1v) is 24.5. The number of carboxylic acid groups (broad SMARTS) is 1. The number of hydrogen-bond acceptors (Lipinski definition) is 16. The molecule has 2 saturated heterocycles. The number of methoxy groups -OCH3 is 2. The standard InChI is InChI=1S/C17H19NO4S.C16H16ClNO3S.C15H15NO4S/c1-10-12(9-13(23-10)17-21-7-8-22-17)16-15-11(5-6-20-16)3-4-14(18-15)19-2;1-9-11(8-12(22-9)16-20-6-7-21-16)15-14-10(4-5-19-15)2-3-13(17)18-14;1-8-10(7-11(21-8)15(17)18)14-13-9(5-6-20-14)3-4-12(16-13)19-2/h3-4,9,16-17H,5-8H2,1-2H3;2-3,8,15-16H,4-7H2,1H3;3-4,7,14H,5-6H2,1-2H3,(H,17,18). The van der Waals surface area contributed by atoms with Crippen LogP contribution in [0.3, 0.4) is 0 Å². The number of aromatic nitrogens is 3. The van der Waals surface area contributed by atoms with E-state index in [4.69, 9.17) is 59.3 Å². The number of nitrogens with zero attached hydrogens (tertiary/aromatic N) is 3. The maximum Gasteiger partial charge on any atom is 0.345 e. The summed E-state index contributed by atoms with van der Waals surface area (Å²) >= 11 is 10.7. The first-order chi connectivity index (χ1) is 32.1. The zero-order valence-corrected chi connectivity index (χ0v) is 40.3. The molecule has 0 spiro atoms. The Balaban J connectivity index is 0.000000125. The van der Waals surface area contributed by atoms with Crippen LogP contribution < -0.4 is 9.47 Å². The average molecular weight is 977 g/mol. The fraction of sp³-hybridized carbons (Fsp3) is 0.417. The SMILES string of the molecule is COc1ccc2c(n1)C(c1cc(C(=O)O)sc1C)OCC2.COc1ccc2c(n1)C(c1cc(C3OCCO3)sc1C)OCC2.Cc1sc(C2OCCO2)cc1C1OCCc2ccc(Cl)nc21. The molecule has 11 rings (SSSR count). The molecule has 6 aromatic heterocycles. The molecule has 18 heteroatoms. The van der Waals surface area contributed by atoms with E-state index in [1.54, 1.807) is 43.0 Å². The lowest BCUT2D eigenvalue weighted by Crippen LogP contribution is -2.19. The van der Waals surface area contributed by atoms with Crippen molar-refractivity contribution in [3.63, 3.8) is 0 Å². The number of halogens is 1. The molecule has 2 fully saturated rings. The van der Waals surface area contributed by atoms with Crippen molar-refractivity contribution in [1.82, 2.24) is 15.0 Å². The molecule has 5 aliphatic rings. The number of ether oxygens (including phenoxy) is 9. The second kappa shape index (κ2) is 20.9. The van der Waals surface area contributed by atoms with Gasteiger partial charge in [-0.05, 0) is 81.0 Å². The molecule has 6 aromatic rings. The van der Waals surface area contributed by atoms with E-state index < -0.39 is 5.97 Å². The number of carboxylic acids is 1. The van der Waals surface area contributed by atoms with E-state index in [1.165, 1.54) is 32.2 Å². The maximum atomic E-state index is 11.1. The van der Waals surface area contributed by atoms with Crippen LogP contribution in [0.4, 0.5) is 0 Å². The fourth-order valence-electron chi connectivity index (χ4n) is 8.50. The number of fused-ring (bicyclic) bond motifs is 3. The Bertz CT molecular complexity index is 2670. The van der Waals surface area contributed by atoms with Crippen LogP contribution in [-0.2, 0) is 52.4 Å². The van der Waals surface area contributed by atoms with E-state index in [0.717, 1.165) is 73.2 Å². The number of rotatable bonds is 8. The van der Waals surface area contributed by atoms with Crippen molar-refractivity contribution in [3.05, 3.63) is 139 Å². The lowest BCUT2D eigenvalue weighted by atomic mass is 9.98. The molecule has 348 valence electrons. The Hall–Kier alpha value is -4.37. The summed E-state index contributed by atoms with van der Waals surface area (Å²) in [6.07, 6.45) is 1.44. The van der Waals surface area contributed by atoms with Crippen molar-refractivity contribution >= 4 is 51.6 Å². The minimum absolute atomic E-state index is 0.153. The molecule has 11 heterocycles. The predicted octanol–water partition coefficient (Wildman–Crippen LogP) is 9.80. The molecule has 0 aliphatic carbocycles. The molecule has 1 N–H and O–H groups in total. The highest BCUT2D eigenvalue weighted by atomic mass is 35.5. The number of aromatic carboxylic acids is 1. The van der Waals surface area contributed by atoms with Crippen LogP contribution in [0.25, 0.3) is 0 Å². The van der Waals surface area contributed by atoms with Crippen LogP contribution >= 0.6 is 45.6 Å². The summed E-state index contributed by atoms with van der Waals surface area (Å²) in [5.41, 5.74) is 9.41. The van der Waals surface area contributed by atoms with Gasteiger partial charge in [0.05, 0.1) is 87.3 Å². The van der Waals surface area contributed by atoms with Crippen molar-refractivity contribution in [2.24, 2.45) is 0 Å². The van der Waals surface area contributed by atoms with E-state index in [-0.39, 0.29) is 30.9 Å². The van der Waals surface area contributed by atoms with Gasteiger partial charge in [0.1, 0.15) is 28.3 Å². The van der Waals surface area contributed by atoms with Gasteiger partial charge in [-0.2, -0.15) is 0 Å². The molecule has 14 nitrogen and oxygen atoms in total. The van der Waals surface area contributed by atoms with E-state index in [1.807, 2.05) is 37.3 Å². The van der Waals surface area contributed by atoms with Gasteiger partial charge < -0.3 is 47.7 Å². The first-order valence-electron chi connectivity index (χ1n) is 21.7. The summed E-state index contributed by atoms with van der Waals surface area (Å²) in [6.45, 7) is 10.7. The fourth-order valence-corrected chi connectivity index (χ4v) is 11.7. The normalized spacial score (nSPS) is 20.3. The number of pyridine rings is 3. The molecule has 5 aliphatic heterocycles. The minimum atomic E-state index is -0.913. The molecule has 3 atom stereocenters. The second-order valence-electron chi connectivity index (χ2n) is 15.9. The van der Waals surface area contributed by atoms with Gasteiger partial charge in [0.15, 0.2) is 12.6 Å². The highest BCUT2D eigenvalue weighted by molar-refractivity contribution is 7.14. The van der Waals surface area contributed by atoms with Crippen LogP contribution in [0.1, 0.15) is 115 Å². The van der Waals surface area contributed by atoms with Crippen molar-refractivity contribution in [3.8, 4) is 11.8 Å². The Morgan fingerprint density at radius 3 is 1.36 bits per heavy atom. The summed E-state index contributed by atoms with van der Waals surface area (Å²) in [4.78, 5) is 30.6. The van der Waals surface area contributed by atoms with E-state index in [9.17, 15) is 4.79 Å². The topological polar surface area (TPSA) is 159 Å². The Labute approximate surface area is 399 Å². The van der Waals surface area contributed by atoms with Gasteiger partial charge in [-0.25, -0.2) is 19.7 Å². The quantitative estimate of drug-likeness (QED) is 0.144. The molecular formula is C48H50ClN3O11S3. The molecule has 66 heavy (non-hydrogen) atoms. The van der Waals surface area contributed by atoms with Gasteiger partial charge in [0, 0.05) is 43.5 Å². The van der Waals surface area contributed by atoms with Crippen molar-refractivity contribution in [1.29, 1.82) is 0 Å². The summed E-state index contributed by atoms with van der Waals surface area (Å²) in [5.74, 6) is 0.245. The van der Waals surface area contributed by atoms with E-state index in [2.05, 4.69) is 47.0 Å². The summed E-state index contributed by atoms with van der Waals surface area (Å²) in [5, 5.41) is 9.64. The van der Waals surface area contributed by atoms with Gasteiger partial charge in [-0.3, -0.25) is 0 Å². The Morgan fingerprint density at radius 2 is 0.955 bits per heavy atom. The minimum Gasteiger partial charge on any atom is -0.481 e. The van der Waals surface area contributed by atoms with Crippen molar-refractivity contribution in [2.75, 3.05) is 60.5 Å². The van der Waals surface area contributed by atoms with Crippen LogP contribution in [0.15, 0.2) is 54.6 Å². The molecule has 0 saturated carbocycles. The Kier molecular flexibility index (Phi) is 14.8. The number of thiophene rings is 3. The van der Waals surface area contributed by atoms with Crippen molar-refractivity contribution in [2.45, 2.75) is 70.9 Å². The number of hydrogen-bond donors (Lipinski definition) is 1. The van der Waals surface area contributed by atoms with Crippen LogP contribution in [-0.4, -0.2) is 86.5 Å². The monoisotopic (exact) mass is 975 g/mol. The smallest absolute Gasteiger partial charge is 0.345 e. The van der Waals surface area contributed by atoms with Crippen LogP contribution in [0.2, 0.25) is 5.15 Å². The Morgan fingerprint density at radius 1 is 0.561 bits per heavy atom. The third-order valence-corrected chi connectivity index (χ3v) is 15.2. The van der Waals surface area contributed by atoms with Crippen LogP contribution in [0.5, 0.6) is 11.8 Å². The molecule has 0 bridgehead atoms. The van der Waals surface area contributed by atoms with Gasteiger partial charge in [0.25, 0.3) is 0 Å².